The van der Waals surface area contributed by atoms with Gasteiger partial charge in [0, 0.05) is 31.4 Å². The van der Waals surface area contributed by atoms with Gasteiger partial charge in [0.25, 0.3) is 0 Å². The van der Waals surface area contributed by atoms with Gasteiger partial charge in [0.15, 0.2) is 5.16 Å². The molecule has 0 spiro atoms. The maximum Gasteiger partial charge on any atom is 0.230 e. The summed E-state index contributed by atoms with van der Waals surface area (Å²) >= 11 is 7.27. The molecular formula is C10H10ClN5S. The number of aromatic nitrogens is 4. The smallest absolute Gasteiger partial charge is 0.230 e. The molecule has 0 aliphatic carbocycles. The lowest BCUT2D eigenvalue weighted by Gasteiger charge is -2.10. The average Bonchev–Trinajstić information content (AvgIpc) is 2.29. The zero-order chi connectivity index (χ0) is 12.3. The Bertz CT molecular complexity index is 505. The first-order valence-corrected chi connectivity index (χ1v) is 6.01. The third-order valence-electron chi connectivity index (χ3n) is 1.83. The standard InChI is InChI=1S/C10H10ClN5S/c1-16(2)9-13-8(11)14-10(15-9)17-7-3-5-12-6-4-7/h3-6H,1-2H3. The molecule has 0 atom stereocenters. The van der Waals surface area contributed by atoms with Gasteiger partial charge in [0.2, 0.25) is 11.2 Å². The largest absolute Gasteiger partial charge is 0.347 e. The number of hydrogen-bond acceptors (Lipinski definition) is 6. The van der Waals surface area contributed by atoms with Crippen LogP contribution in [0.3, 0.4) is 0 Å². The topological polar surface area (TPSA) is 54.8 Å². The molecule has 0 N–H and O–H groups in total. The first-order valence-electron chi connectivity index (χ1n) is 4.82. The van der Waals surface area contributed by atoms with E-state index in [2.05, 4.69) is 19.9 Å². The van der Waals surface area contributed by atoms with Crippen molar-refractivity contribution >= 4 is 29.3 Å². The van der Waals surface area contributed by atoms with Crippen LogP contribution in [0.25, 0.3) is 0 Å². The van der Waals surface area contributed by atoms with Crippen molar-refractivity contribution in [1.82, 2.24) is 19.9 Å². The fourth-order valence-corrected chi connectivity index (χ4v) is 2.01. The van der Waals surface area contributed by atoms with Crippen LogP contribution >= 0.6 is 23.4 Å². The van der Waals surface area contributed by atoms with E-state index in [-0.39, 0.29) is 5.28 Å². The van der Waals surface area contributed by atoms with Crippen molar-refractivity contribution in [3.8, 4) is 0 Å². The summed E-state index contributed by atoms with van der Waals surface area (Å²) in [6.07, 6.45) is 3.44. The number of nitrogens with zero attached hydrogens (tertiary/aromatic N) is 5. The Morgan fingerprint density at radius 3 is 2.47 bits per heavy atom. The van der Waals surface area contributed by atoms with Crippen LogP contribution in [0.15, 0.2) is 34.6 Å². The highest BCUT2D eigenvalue weighted by atomic mass is 35.5. The number of anilines is 1. The number of hydrogen-bond donors (Lipinski definition) is 0. The van der Waals surface area contributed by atoms with Gasteiger partial charge >= 0.3 is 0 Å². The highest BCUT2D eigenvalue weighted by Crippen LogP contribution is 2.25. The summed E-state index contributed by atoms with van der Waals surface area (Å²) in [5.74, 6) is 0.543. The Labute approximate surface area is 108 Å². The lowest BCUT2D eigenvalue weighted by Crippen LogP contribution is -2.13. The van der Waals surface area contributed by atoms with Gasteiger partial charge < -0.3 is 4.90 Å². The minimum absolute atomic E-state index is 0.195. The summed E-state index contributed by atoms with van der Waals surface area (Å²) in [6.45, 7) is 0. The molecule has 0 saturated carbocycles. The molecule has 17 heavy (non-hydrogen) atoms. The van der Waals surface area contributed by atoms with Gasteiger partial charge in [-0.1, -0.05) is 0 Å². The van der Waals surface area contributed by atoms with Gasteiger partial charge in [0.05, 0.1) is 0 Å². The van der Waals surface area contributed by atoms with Crippen LogP contribution in [0.5, 0.6) is 0 Å². The molecule has 2 rings (SSSR count). The Balaban J connectivity index is 2.27. The molecular weight excluding hydrogens is 258 g/mol. The zero-order valence-corrected chi connectivity index (χ0v) is 10.9. The predicted molar refractivity (Wildman–Crippen MR) is 67.5 cm³/mol. The van der Waals surface area contributed by atoms with Gasteiger partial charge in [-0.05, 0) is 35.5 Å². The van der Waals surface area contributed by atoms with Crippen LogP contribution in [-0.4, -0.2) is 34.0 Å². The monoisotopic (exact) mass is 267 g/mol. The van der Waals surface area contributed by atoms with Gasteiger partial charge in [-0.2, -0.15) is 15.0 Å². The summed E-state index contributed by atoms with van der Waals surface area (Å²) in [6, 6.07) is 3.77. The molecule has 0 amide bonds. The average molecular weight is 268 g/mol. The first kappa shape index (κ1) is 12.1. The Morgan fingerprint density at radius 2 is 1.82 bits per heavy atom. The lowest BCUT2D eigenvalue weighted by atomic mass is 10.5. The molecule has 88 valence electrons. The molecule has 0 aliphatic rings. The van der Waals surface area contributed by atoms with E-state index >= 15 is 0 Å². The fourth-order valence-electron chi connectivity index (χ4n) is 1.08. The molecule has 0 unspecified atom stereocenters. The van der Waals surface area contributed by atoms with E-state index in [0.29, 0.717) is 11.1 Å². The summed E-state index contributed by atoms with van der Waals surface area (Å²) < 4.78 is 0. The highest BCUT2D eigenvalue weighted by molar-refractivity contribution is 7.99. The molecule has 0 aliphatic heterocycles. The van der Waals surface area contributed by atoms with E-state index in [9.17, 15) is 0 Å². The number of rotatable bonds is 3. The van der Waals surface area contributed by atoms with Gasteiger partial charge in [-0.25, -0.2) is 0 Å². The van der Waals surface area contributed by atoms with E-state index in [0.717, 1.165) is 4.90 Å². The Hall–Kier alpha value is -1.40. The molecule has 0 fully saturated rings. The Kier molecular flexibility index (Phi) is 3.75. The van der Waals surface area contributed by atoms with Crippen LogP contribution in [0.2, 0.25) is 5.28 Å². The van der Waals surface area contributed by atoms with Crippen LogP contribution < -0.4 is 4.90 Å². The van der Waals surface area contributed by atoms with Crippen LogP contribution in [0, 0.1) is 0 Å². The molecule has 0 radical (unpaired) electrons. The van der Waals surface area contributed by atoms with Crippen molar-refractivity contribution in [3.05, 3.63) is 29.8 Å². The second kappa shape index (κ2) is 5.29. The fraction of sp³-hybridized carbons (Fsp3) is 0.200. The van der Waals surface area contributed by atoms with Gasteiger partial charge in [-0.15, -0.1) is 0 Å². The maximum atomic E-state index is 5.85. The molecule has 0 aromatic carbocycles. The van der Waals surface area contributed by atoms with Crippen molar-refractivity contribution in [1.29, 1.82) is 0 Å². The minimum atomic E-state index is 0.195. The zero-order valence-electron chi connectivity index (χ0n) is 9.33. The molecule has 7 heteroatoms. The van der Waals surface area contributed by atoms with Crippen LogP contribution in [-0.2, 0) is 0 Å². The lowest BCUT2D eigenvalue weighted by molar-refractivity contribution is 0.865. The second-order valence-electron chi connectivity index (χ2n) is 3.37. The summed E-state index contributed by atoms with van der Waals surface area (Å²) in [7, 11) is 3.71. The molecule has 0 saturated heterocycles. The van der Waals surface area contributed by atoms with E-state index in [1.807, 2.05) is 26.2 Å². The Morgan fingerprint density at radius 1 is 1.12 bits per heavy atom. The number of halogens is 1. The predicted octanol–water partition coefficient (Wildman–Crippen LogP) is 2.14. The van der Waals surface area contributed by atoms with E-state index in [1.54, 1.807) is 17.3 Å². The SMILES string of the molecule is CN(C)c1nc(Cl)nc(Sc2ccncc2)n1. The van der Waals surface area contributed by atoms with Crippen molar-refractivity contribution in [2.75, 3.05) is 19.0 Å². The molecule has 2 aromatic rings. The summed E-state index contributed by atoms with van der Waals surface area (Å²) in [4.78, 5) is 19.1. The van der Waals surface area contributed by atoms with Crippen LogP contribution in [0.1, 0.15) is 0 Å². The highest BCUT2D eigenvalue weighted by Gasteiger charge is 2.07. The minimum Gasteiger partial charge on any atom is -0.347 e. The van der Waals surface area contributed by atoms with Crippen LogP contribution in [0.4, 0.5) is 5.95 Å². The van der Waals surface area contributed by atoms with Crippen molar-refractivity contribution < 1.29 is 0 Å². The second-order valence-corrected chi connectivity index (χ2v) is 4.75. The quantitative estimate of drug-likeness (QED) is 0.849. The van der Waals surface area contributed by atoms with E-state index < -0.39 is 0 Å². The number of pyridine rings is 1. The summed E-state index contributed by atoms with van der Waals surface area (Å²) in [5.41, 5.74) is 0. The maximum absolute atomic E-state index is 5.85. The molecule has 2 aromatic heterocycles. The normalized spacial score (nSPS) is 10.3. The molecule has 2 heterocycles. The van der Waals surface area contributed by atoms with E-state index in [1.165, 1.54) is 11.8 Å². The molecule has 5 nitrogen and oxygen atoms in total. The van der Waals surface area contributed by atoms with Crippen molar-refractivity contribution in [3.63, 3.8) is 0 Å². The molecule has 0 bridgehead atoms. The summed E-state index contributed by atoms with van der Waals surface area (Å²) in [5, 5.41) is 0.764. The van der Waals surface area contributed by atoms with E-state index in [4.69, 9.17) is 11.6 Å². The van der Waals surface area contributed by atoms with Crippen molar-refractivity contribution in [2.24, 2.45) is 0 Å². The first-order chi connectivity index (χ1) is 8.15. The van der Waals surface area contributed by atoms with Crippen molar-refractivity contribution in [2.45, 2.75) is 10.1 Å². The third kappa shape index (κ3) is 3.28. The third-order valence-corrected chi connectivity index (χ3v) is 2.88. The van der Waals surface area contributed by atoms with Gasteiger partial charge in [0.1, 0.15) is 0 Å². The van der Waals surface area contributed by atoms with Gasteiger partial charge in [-0.3, -0.25) is 4.98 Å².